The molecule has 0 spiro atoms. The van der Waals surface area contributed by atoms with E-state index in [0.717, 1.165) is 12.1 Å². The van der Waals surface area contributed by atoms with E-state index in [4.69, 9.17) is 0 Å². The van der Waals surface area contributed by atoms with Crippen molar-refractivity contribution < 1.29 is 18.0 Å². The van der Waals surface area contributed by atoms with Crippen LogP contribution in [0.5, 0.6) is 0 Å². The second-order valence-corrected chi connectivity index (χ2v) is 4.40. The molecule has 0 heterocycles. The van der Waals surface area contributed by atoms with E-state index in [9.17, 15) is 18.0 Å². The molecular formula is C15H12F3NO. The molecule has 0 amide bonds. The predicted molar refractivity (Wildman–Crippen MR) is 70.3 cm³/mol. The largest absolute Gasteiger partial charge is 0.365 e. The van der Waals surface area contributed by atoms with Crippen LogP contribution in [0.2, 0.25) is 0 Å². The van der Waals surface area contributed by atoms with Gasteiger partial charge >= 0.3 is 0 Å². The van der Waals surface area contributed by atoms with E-state index in [-0.39, 0.29) is 17.8 Å². The van der Waals surface area contributed by atoms with Gasteiger partial charge in [0, 0.05) is 24.7 Å². The van der Waals surface area contributed by atoms with E-state index in [0.29, 0.717) is 11.8 Å². The van der Waals surface area contributed by atoms with Crippen LogP contribution in [0.4, 0.5) is 18.9 Å². The lowest BCUT2D eigenvalue weighted by Crippen LogP contribution is -2.20. The summed E-state index contributed by atoms with van der Waals surface area (Å²) in [5.74, 6) is -2.15. The van der Waals surface area contributed by atoms with Crippen LogP contribution in [-0.4, -0.2) is 13.3 Å². The Morgan fingerprint density at radius 3 is 2.20 bits per heavy atom. The molecule has 2 aromatic rings. The molecule has 104 valence electrons. The molecule has 2 nitrogen and oxygen atoms in total. The number of benzene rings is 2. The summed E-state index contributed by atoms with van der Waals surface area (Å²) in [4.78, 5) is 11.8. The molecule has 2 aromatic carbocycles. The molecule has 0 atom stereocenters. The first kappa shape index (κ1) is 14.1. The minimum Gasteiger partial charge on any atom is -0.365 e. The lowest BCUT2D eigenvalue weighted by atomic mass is 10.1. The van der Waals surface area contributed by atoms with Crippen molar-refractivity contribution >= 4 is 12.0 Å². The van der Waals surface area contributed by atoms with Gasteiger partial charge in [-0.25, -0.2) is 13.2 Å². The summed E-state index contributed by atoms with van der Waals surface area (Å²) in [5, 5.41) is 0. The highest BCUT2D eigenvalue weighted by atomic mass is 19.1. The Morgan fingerprint density at radius 2 is 1.65 bits per heavy atom. The van der Waals surface area contributed by atoms with Crippen molar-refractivity contribution in [2.75, 3.05) is 11.9 Å². The summed E-state index contributed by atoms with van der Waals surface area (Å²) >= 11 is 0. The lowest BCUT2D eigenvalue weighted by Gasteiger charge is -2.21. The molecule has 0 saturated carbocycles. The SMILES string of the molecule is CN(Cc1ccccc1F)c1c(F)cc(C=O)cc1F. The topological polar surface area (TPSA) is 20.3 Å². The van der Waals surface area contributed by atoms with Crippen LogP contribution in [0.15, 0.2) is 36.4 Å². The maximum absolute atomic E-state index is 13.8. The van der Waals surface area contributed by atoms with Gasteiger partial charge in [-0.3, -0.25) is 4.79 Å². The van der Waals surface area contributed by atoms with Crippen molar-refractivity contribution in [3.05, 3.63) is 65.0 Å². The average Bonchev–Trinajstić information content (AvgIpc) is 2.40. The van der Waals surface area contributed by atoms with Gasteiger partial charge < -0.3 is 4.90 Å². The van der Waals surface area contributed by atoms with Gasteiger partial charge in [0.15, 0.2) is 0 Å². The zero-order valence-corrected chi connectivity index (χ0v) is 10.7. The average molecular weight is 279 g/mol. The first-order valence-corrected chi connectivity index (χ1v) is 5.91. The molecule has 0 saturated heterocycles. The quantitative estimate of drug-likeness (QED) is 0.798. The predicted octanol–water partition coefficient (Wildman–Crippen LogP) is 3.55. The number of rotatable bonds is 4. The Balaban J connectivity index is 2.32. The zero-order chi connectivity index (χ0) is 14.7. The Bertz CT molecular complexity index is 620. The fourth-order valence-corrected chi connectivity index (χ4v) is 1.98. The van der Waals surface area contributed by atoms with Gasteiger partial charge in [0.2, 0.25) is 0 Å². The van der Waals surface area contributed by atoms with Crippen LogP contribution in [0.25, 0.3) is 0 Å². The normalized spacial score (nSPS) is 10.4. The number of aldehydes is 1. The number of hydrogen-bond acceptors (Lipinski definition) is 2. The maximum Gasteiger partial charge on any atom is 0.150 e. The van der Waals surface area contributed by atoms with Crippen LogP contribution in [0.3, 0.4) is 0 Å². The molecule has 20 heavy (non-hydrogen) atoms. The molecule has 0 aliphatic carbocycles. The molecule has 0 radical (unpaired) electrons. The molecule has 0 aromatic heterocycles. The standard InChI is InChI=1S/C15H12F3NO/c1-19(8-11-4-2-3-5-12(11)16)15-13(17)6-10(9-20)7-14(15)18/h2-7,9H,8H2,1H3. The molecule has 5 heteroatoms. The van der Waals surface area contributed by atoms with Crippen LogP contribution in [0, 0.1) is 17.5 Å². The molecule has 0 unspecified atom stereocenters. The van der Waals surface area contributed by atoms with Crippen molar-refractivity contribution in [2.45, 2.75) is 6.54 Å². The van der Waals surface area contributed by atoms with Crippen LogP contribution < -0.4 is 4.90 Å². The van der Waals surface area contributed by atoms with Crippen LogP contribution >= 0.6 is 0 Å². The maximum atomic E-state index is 13.8. The first-order valence-electron chi connectivity index (χ1n) is 5.91. The summed E-state index contributed by atoms with van der Waals surface area (Å²) in [5.41, 5.74) is -0.0461. The van der Waals surface area contributed by atoms with E-state index < -0.39 is 17.5 Å². The number of halogens is 3. The highest BCUT2D eigenvalue weighted by Crippen LogP contribution is 2.25. The number of hydrogen-bond donors (Lipinski definition) is 0. The van der Waals surface area contributed by atoms with Gasteiger partial charge in [0.05, 0.1) is 0 Å². The van der Waals surface area contributed by atoms with Gasteiger partial charge in [-0.15, -0.1) is 0 Å². The number of carbonyl (C=O) groups is 1. The van der Waals surface area contributed by atoms with Crippen molar-refractivity contribution in [1.82, 2.24) is 0 Å². The summed E-state index contributed by atoms with van der Waals surface area (Å²) < 4.78 is 41.2. The Labute approximate surface area is 114 Å². The summed E-state index contributed by atoms with van der Waals surface area (Å²) in [6.45, 7) is 0.0148. The van der Waals surface area contributed by atoms with Crippen molar-refractivity contribution in [3.63, 3.8) is 0 Å². The Kier molecular flexibility index (Phi) is 4.08. The lowest BCUT2D eigenvalue weighted by molar-refractivity contribution is 0.112. The highest BCUT2D eigenvalue weighted by Gasteiger charge is 2.16. The molecule has 2 rings (SSSR count). The van der Waals surface area contributed by atoms with Gasteiger partial charge in [0.25, 0.3) is 0 Å². The van der Waals surface area contributed by atoms with E-state index in [2.05, 4.69) is 0 Å². The third kappa shape index (κ3) is 2.82. The minimum absolute atomic E-state index is 0.0148. The van der Waals surface area contributed by atoms with Gasteiger partial charge in [-0.05, 0) is 18.2 Å². The Morgan fingerprint density at radius 1 is 1.05 bits per heavy atom. The molecule has 0 bridgehead atoms. The smallest absolute Gasteiger partial charge is 0.150 e. The summed E-state index contributed by atoms with van der Waals surface area (Å²) in [7, 11) is 1.45. The van der Waals surface area contributed by atoms with E-state index >= 15 is 0 Å². The van der Waals surface area contributed by atoms with Crippen LogP contribution in [0.1, 0.15) is 15.9 Å². The minimum atomic E-state index is -0.856. The van der Waals surface area contributed by atoms with Crippen molar-refractivity contribution in [2.24, 2.45) is 0 Å². The molecule has 0 aliphatic heterocycles. The monoisotopic (exact) mass is 279 g/mol. The zero-order valence-electron chi connectivity index (χ0n) is 10.7. The summed E-state index contributed by atoms with van der Waals surface area (Å²) in [6, 6.07) is 7.91. The first-order chi connectivity index (χ1) is 9.52. The second-order valence-electron chi connectivity index (χ2n) is 4.40. The molecular weight excluding hydrogens is 267 g/mol. The molecule has 0 fully saturated rings. The van der Waals surface area contributed by atoms with Crippen molar-refractivity contribution in [3.8, 4) is 0 Å². The van der Waals surface area contributed by atoms with E-state index in [1.807, 2.05) is 0 Å². The third-order valence-electron chi connectivity index (χ3n) is 2.92. The van der Waals surface area contributed by atoms with E-state index in [1.54, 1.807) is 18.2 Å². The highest BCUT2D eigenvalue weighted by molar-refractivity contribution is 5.76. The summed E-state index contributed by atoms with van der Waals surface area (Å²) in [6.07, 6.45) is 0.368. The molecule has 0 aliphatic rings. The number of anilines is 1. The second kappa shape index (κ2) is 5.77. The van der Waals surface area contributed by atoms with Gasteiger partial charge in [-0.1, -0.05) is 18.2 Å². The van der Waals surface area contributed by atoms with Crippen LogP contribution in [-0.2, 0) is 6.54 Å². The Hall–Kier alpha value is -2.30. The molecule has 0 N–H and O–H groups in total. The van der Waals surface area contributed by atoms with Gasteiger partial charge in [0.1, 0.15) is 29.4 Å². The van der Waals surface area contributed by atoms with E-state index in [1.165, 1.54) is 18.0 Å². The van der Waals surface area contributed by atoms with Gasteiger partial charge in [-0.2, -0.15) is 0 Å². The fourth-order valence-electron chi connectivity index (χ4n) is 1.98. The fraction of sp³-hybridized carbons (Fsp3) is 0.133. The number of nitrogens with zero attached hydrogens (tertiary/aromatic N) is 1. The number of carbonyl (C=O) groups excluding carboxylic acids is 1. The third-order valence-corrected chi connectivity index (χ3v) is 2.92. The van der Waals surface area contributed by atoms with Crippen molar-refractivity contribution in [1.29, 1.82) is 0 Å².